The van der Waals surface area contributed by atoms with E-state index in [1.807, 2.05) is 6.07 Å². The summed E-state index contributed by atoms with van der Waals surface area (Å²) in [5.41, 5.74) is 5.60. The van der Waals surface area contributed by atoms with E-state index in [1.165, 1.54) is 0 Å². The summed E-state index contributed by atoms with van der Waals surface area (Å²) in [5, 5.41) is 10.3. The first-order valence-electron chi connectivity index (χ1n) is 4.24. The Bertz CT molecular complexity index is 464. The van der Waals surface area contributed by atoms with Crippen LogP contribution in [0.1, 0.15) is 4.88 Å². The molecule has 0 unspecified atom stereocenters. The number of ether oxygens (including phenoxy) is 1. The molecule has 0 aliphatic rings. The van der Waals surface area contributed by atoms with Crippen LogP contribution in [0.15, 0.2) is 18.2 Å². The number of hydrogen-bond donors (Lipinski definition) is 2. The lowest BCUT2D eigenvalue weighted by molar-refractivity contribution is 0.416. The van der Waals surface area contributed by atoms with Crippen LogP contribution in [-0.2, 0) is 6.54 Å². The van der Waals surface area contributed by atoms with Crippen LogP contribution >= 0.6 is 11.3 Å². The molecule has 3 nitrogen and oxygen atoms in total. The summed E-state index contributed by atoms with van der Waals surface area (Å²) < 4.78 is 6.35. The van der Waals surface area contributed by atoms with Gasteiger partial charge in [0.25, 0.3) is 0 Å². The highest BCUT2D eigenvalue weighted by Gasteiger charge is 2.11. The van der Waals surface area contributed by atoms with E-state index in [4.69, 9.17) is 10.5 Å². The molecular weight excluding hydrogens is 198 g/mol. The van der Waals surface area contributed by atoms with E-state index < -0.39 is 0 Å². The van der Waals surface area contributed by atoms with Crippen molar-refractivity contribution in [2.24, 2.45) is 5.73 Å². The predicted octanol–water partition coefficient (Wildman–Crippen LogP) is 2.07. The predicted molar refractivity (Wildman–Crippen MR) is 57.9 cm³/mol. The molecule has 14 heavy (non-hydrogen) atoms. The number of thiophene rings is 1. The van der Waals surface area contributed by atoms with Crippen LogP contribution in [0, 0.1) is 0 Å². The van der Waals surface area contributed by atoms with Crippen LogP contribution < -0.4 is 10.5 Å². The number of hydrogen-bond acceptors (Lipinski definition) is 4. The van der Waals surface area contributed by atoms with Crippen LogP contribution in [-0.4, -0.2) is 12.2 Å². The number of phenols is 1. The summed E-state index contributed by atoms with van der Waals surface area (Å²) in [6.07, 6.45) is 0. The highest BCUT2D eigenvalue weighted by atomic mass is 32.1. The van der Waals surface area contributed by atoms with Crippen molar-refractivity contribution in [3.63, 3.8) is 0 Å². The Morgan fingerprint density at radius 3 is 2.93 bits per heavy atom. The number of benzene rings is 1. The third kappa shape index (κ3) is 1.32. The minimum atomic E-state index is 0.247. The average molecular weight is 209 g/mol. The van der Waals surface area contributed by atoms with E-state index in [2.05, 4.69) is 0 Å². The van der Waals surface area contributed by atoms with E-state index in [1.54, 1.807) is 30.6 Å². The molecule has 0 radical (unpaired) electrons. The molecule has 0 atom stereocenters. The van der Waals surface area contributed by atoms with E-state index in [-0.39, 0.29) is 5.75 Å². The fourth-order valence-corrected chi connectivity index (χ4v) is 2.50. The van der Waals surface area contributed by atoms with Crippen LogP contribution in [0.2, 0.25) is 0 Å². The van der Waals surface area contributed by atoms with Gasteiger partial charge in [-0.15, -0.1) is 11.3 Å². The lowest BCUT2D eigenvalue weighted by Crippen LogP contribution is -1.95. The Kier molecular flexibility index (Phi) is 2.31. The van der Waals surface area contributed by atoms with Crippen LogP contribution in [0.3, 0.4) is 0 Å². The first-order chi connectivity index (χ1) is 6.76. The molecule has 0 saturated carbocycles. The lowest BCUT2D eigenvalue weighted by atomic mass is 10.2. The molecule has 0 fully saturated rings. The van der Waals surface area contributed by atoms with Gasteiger partial charge in [0.2, 0.25) is 0 Å². The maximum Gasteiger partial charge on any atom is 0.142 e. The van der Waals surface area contributed by atoms with Crippen molar-refractivity contribution >= 4 is 21.4 Å². The van der Waals surface area contributed by atoms with Crippen LogP contribution in [0.5, 0.6) is 11.5 Å². The second kappa shape index (κ2) is 3.48. The van der Waals surface area contributed by atoms with Crippen LogP contribution in [0.4, 0.5) is 0 Å². The van der Waals surface area contributed by atoms with Gasteiger partial charge < -0.3 is 15.6 Å². The first-order valence-corrected chi connectivity index (χ1v) is 5.06. The van der Waals surface area contributed by atoms with E-state index in [9.17, 15) is 5.11 Å². The maximum atomic E-state index is 9.35. The van der Waals surface area contributed by atoms with Crippen molar-refractivity contribution in [2.75, 3.05) is 7.11 Å². The third-order valence-corrected chi connectivity index (χ3v) is 3.26. The third-order valence-electron chi connectivity index (χ3n) is 2.08. The minimum absolute atomic E-state index is 0.247. The first kappa shape index (κ1) is 9.30. The van der Waals surface area contributed by atoms with Gasteiger partial charge in [0, 0.05) is 16.6 Å². The molecule has 0 spiro atoms. The van der Waals surface area contributed by atoms with Gasteiger partial charge in [0.1, 0.15) is 11.5 Å². The van der Waals surface area contributed by atoms with Gasteiger partial charge in [-0.3, -0.25) is 0 Å². The Morgan fingerprint density at radius 1 is 1.50 bits per heavy atom. The second-order valence-corrected chi connectivity index (χ2v) is 4.08. The molecule has 0 saturated heterocycles. The van der Waals surface area contributed by atoms with Crippen molar-refractivity contribution in [3.8, 4) is 11.5 Å². The smallest absolute Gasteiger partial charge is 0.142 e. The monoisotopic (exact) mass is 209 g/mol. The molecule has 0 aliphatic heterocycles. The summed E-state index contributed by atoms with van der Waals surface area (Å²) >= 11 is 1.60. The van der Waals surface area contributed by atoms with Crippen molar-refractivity contribution in [2.45, 2.75) is 6.54 Å². The van der Waals surface area contributed by atoms with Gasteiger partial charge in [-0.05, 0) is 18.2 Å². The summed E-state index contributed by atoms with van der Waals surface area (Å²) in [4.78, 5) is 1.01. The molecule has 0 aliphatic carbocycles. The number of methoxy groups -OCH3 is 1. The largest absolute Gasteiger partial charge is 0.508 e. The zero-order valence-corrected chi connectivity index (χ0v) is 8.60. The molecule has 0 bridgehead atoms. The molecule has 74 valence electrons. The van der Waals surface area contributed by atoms with Gasteiger partial charge in [0.15, 0.2) is 0 Å². The zero-order chi connectivity index (χ0) is 10.1. The summed E-state index contributed by atoms with van der Waals surface area (Å²) in [6, 6.07) is 5.24. The fraction of sp³-hybridized carbons (Fsp3) is 0.200. The standard InChI is InChI=1S/C10H11NO2S/c1-13-10-7-4-6(12)2-3-8(7)14-9(10)5-11/h2-4,12H,5,11H2,1H3. The highest BCUT2D eigenvalue weighted by molar-refractivity contribution is 7.19. The Morgan fingerprint density at radius 2 is 2.29 bits per heavy atom. The van der Waals surface area contributed by atoms with Crippen molar-refractivity contribution in [1.82, 2.24) is 0 Å². The Labute approximate surface area is 85.7 Å². The van der Waals surface area contributed by atoms with Crippen molar-refractivity contribution in [3.05, 3.63) is 23.1 Å². The number of phenolic OH excluding ortho intramolecular Hbond substituents is 1. The topological polar surface area (TPSA) is 55.5 Å². The fourth-order valence-electron chi connectivity index (χ4n) is 1.47. The molecule has 1 heterocycles. The minimum Gasteiger partial charge on any atom is -0.508 e. The highest BCUT2D eigenvalue weighted by Crippen LogP contribution is 2.38. The second-order valence-electron chi connectivity index (χ2n) is 2.94. The van der Waals surface area contributed by atoms with Gasteiger partial charge in [-0.1, -0.05) is 0 Å². The van der Waals surface area contributed by atoms with E-state index in [0.29, 0.717) is 6.54 Å². The SMILES string of the molecule is COc1c(CN)sc2ccc(O)cc12. The molecule has 2 rings (SSSR count). The van der Waals surface area contributed by atoms with Gasteiger partial charge in [-0.25, -0.2) is 0 Å². The van der Waals surface area contributed by atoms with Crippen molar-refractivity contribution in [1.29, 1.82) is 0 Å². The quantitative estimate of drug-likeness (QED) is 0.796. The normalized spacial score (nSPS) is 10.7. The zero-order valence-electron chi connectivity index (χ0n) is 7.78. The van der Waals surface area contributed by atoms with Crippen molar-refractivity contribution < 1.29 is 9.84 Å². The summed E-state index contributed by atoms with van der Waals surface area (Å²) in [6.45, 7) is 0.462. The molecule has 1 aromatic heterocycles. The molecule has 0 amide bonds. The average Bonchev–Trinajstić information content (AvgIpc) is 2.54. The molecular formula is C10H11NO2S. The Hall–Kier alpha value is -1.26. The maximum absolute atomic E-state index is 9.35. The van der Waals surface area contributed by atoms with Gasteiger partial charge in [0.05, 0.1) is 12.0 Å². The van der Waals surface area contributed by atoms with E-state index >= 15 is 0 Å². The summed E-state index contributed by atoms with van der Waals surface area (Å²) in [7, 11) is 1.62. The molecule has 1 aromatic carbocycles. The number of aromatic hydroxyl groups is 1. The number of rotatable bonds is 2. The van der Waals surface area contributed by atoms with Crippen LogP contribution in [0.25, 0.3) is 10.1 Å². The number of nitrogens with two attached hydrogens (primary N) is 1. The summed E-state index contributed by atoms with van der Waals surface area (Å²) in [5.74, 6) is 1.03. The molecule has 2 aromatic rings. The van der Waals surface area contributed by atoms with Gasteiger partial charge >= 0.3 is 0 Å². The number of fused-ring (bicyclic) bond motifs is 1. The molecule has 4 heteroatoms. The lowest BCUT2D eigenvalue weighted by Gasteiger charge is -2.00. The van der Waals surface area contributed by atoms with Gasteiger partial charge in [-0.2, -0.15) is 0 Å². The molecule has 3 N–H and O–H groups in total. The Balaban J connectivity index is 2.74. The van der Waals surface area contributed by atoms with E-state index in [0.717, 1.165) is 20.7 Å².